The number of hydrogen-bond donors (Lipinski definition) is 1. The van der Waals surface area contributed by atoms with Crippen molar-refractivity contribution in [1.29, 1.82) is 0 Å². The third kappa shape index (κ3) is 3.72. The van der Waals surface area contributed by atoms with E-state index in [9.17, 15) is 0 Å². The van der Waals surface area contributed by atoms with Crippen LogP contribution in [0, 0.1) is 6.92 Å². The van der Waals surface area contributed by atoms with Gasteiger partial charge in [-0.05, 0) is 37.8 Å². The van der Waals surface area contributed by atoms with Crippen LogP contribution in [0.2, 0.25) is 0 Å². The van der Waals surface area contributed by atoms with Gasteiger partial charge in [0.1, 0.15) is 5.82 Å². The second kappa shape index (κ2) is 6.57. The van der Waals surface area contributed by atoms with Crippen LogP contribution in [0.15, 0.2) is 36.5 Å². The minimum Gasteiger partial charge on any atom is -0.356 e. The molecular weight excluding hydrogens is 260 g/mol. The summed E-state index contributed by atoms with van der Waals surface area (Å²) in [6, 6.07) is 10.5. The number of benzene rings is 1. The Hall–Kier alpha value is -2.10. The molecule has 0 atom stereocenters. The minimum atomic E-state index is 0.707. The fraction of sp³-hybridized carbons (Fsp3) is 0.412. The van der Waals surface area contributed by atoms with Crippen molar-refractivity contribution in [3.05, 3.63) is 47.7 Å². The zero-order valence-corrected chi connectivity index (χ0v) is 12.5. The summed E-state index contributed by atoms with van der Waals surface area (Å²) in [4.78, 5) is 11.3. The van der Waals surface area contributed by atoms with Gasteiger partial charge < -0.3 is 10.2 Å². The first-order chi connectivity index (χ1) is 10.3. The largest absolute Gasteiger partial charge is 0.356 e. The van der Waals surface area contributed by atoms with Gasteiger partial charge in [0.2, 0.25) is 5.95 Å². The van der Waals surface area contributed by atoms with Crippen LogP contribution in [0.5, 0.6) is 0 Å². The molecular formula is C17H22N4. The summed E-state index contributed by atoms with van der Waals surface area (Å²) < 4.78 is 0. The highest BCUT2D eigenvalue weighted by molar-refractivity contribution is 5.43. The molecule has 0 unspecified atom stereocenters. The predicted molar refractivity (Wildman–Crippen MR) is 86.6 cm³/mol. The predicted octanol–water partition coefficient (Wildman–Crippen LogP) is 3.39. The third-order valence-electron chi connectivity index (χ3n) is 3.89. The third-order valence-corrected chi connectivity index (χ3v) is 3.89. The minimum absolute atomic E-state index is 0.707. The summed E-state index contributed by atoms with van der Waals surface area (Å²) in [5.74, 6) is 1.75. The average Bonchev–Trinajstić information content (AvgIpc) is 2.55. The van der Waals surface area contributed by atoms with Crippen molar-refractivity contribution in [3.8, 4) is 0 Å². The molecule has 0 spiro atoms. The number of piperidine rings is 1. The van der Waals surface area contributed by atoms with Gasteiger partial charge in [0.25, 0.3) is 0 Å². The molecule has 4 nitrogen and oxygen atoms in total. The van der Waals surface area contributed by atoms with Crippen LogP contribution in [0.3, 0.4) is 0 Å². The number of anilines is 2. The van der Waals surface area contributed by atoms with Crippen molar-refractivity contribution >= 4 is 11.8 Å². The van der Waals surface area contributed by atoms with E-state index in [0.717, 1.165) is 25.5 Å². The molecule has 1 fully saturated rings. The first-order valence-corrected chi connectivity index (χ1v) is 7.69. The van der Waals surface area contributed by atoms with E-state index >= 15 is 0 Å². The standard InChI is InChI=1S/C17H22N4/c1-14-5-7-15(8-6-14)13-19-17-18-10-9-16(20-17)21-11-3-2-4-12-21/h5-10H,2-4,11-13H2,1H3,(H,18,19,20). The van der Waals surface area contributed by atoms with E-state index in [2.05, 4.69) is 51.4 Å². The monoisotopic (exact) mass is 282 g/mol. The number of aryl methyl sites for hydroxylation is 1. The Kier molecular flexibility index (Phi) is 4.34. The number of hydrogen-bond acceptors (Lipinski definition) is 4. The van der Waals surface area contributed by atoms with Crippen LogP contribution in [-0.2, 0) is 6.54 Å². The molecule has 3 rings (SSSR count). The zero-order valence-electron chi connectivity index (χ0n) is 12.5. The molecule has 0 saturated carbocycles. The second-order valence-corrected chi connectivity index (χ2v) is 5.63. The average molecular weight is 282 g/mol. The molecule has 21 heavy (non-hydrogen) atoms. The van der Waals surface area contributed by atoms with Crippen LogP contribution in [0.1, 0.15) is 30.4 Å². The molecule has 1 aromatic heterocycles. The molecule has 0 aliphatic carbocycles. The molecule has 0 radical (unpaired) electrons. The van der Waals surface area contributed by atoms with E-state index in [4.69, 9.17) is 0 Å². The van der Waals surface area contributed by atoms with Gasteiger partial charge in [-0.1, -0.05) is 29.8 Å². The molecule has 1 aliphatic heterocycles. The number of rotatable bonds is 4. The van der Waals surface area contributed by atoms with Crippen LogP contribution >= 0.6 is 0 Å². The van der Waals surface area contributed by atoms with Crippen molar-refractivity contribution in [2.45, 2.75) is 32.7 Å². The van der Waals surface area contributed by atoms with Crippen LogP contribution < -0.4 is 10.2 Å². The first kappa shape index (κ1) is 13.9. The Labute approximate surface area is 126 Å². The Morgan fingerprint density at radius 3 is 2.57 bits per heavy atom. The quantitative estimate of drug-likeness (QED) is 0.933. The molecule has 1 N–H and O–H groups in total. The normalized spacial score (nSPS) is 15.0. The maximum Gasteiger partial charge on any atom is 0.224 e. The number of nitrogens with zero attached hydrogens (tertiary/aromatic N) is 3. The molecule has 4 heteroatoms. The van der Waals surface area contributed by atoms with Crippen molar-refractivity contribution in [1.82, 2.24) is 9.97 Å². The van der Waals surface area contributed by atoms with Gasteiger partial charge in [0.05, 0.1) is 0 Å². The topological polar surface area (TPSA) is 41.1 Å². The summed E-state index contributed by atoms with van der Waals surface area (Å²) in [6.07, 6.45) is 5.70. The van der Waals surface area contributed by atoms with Crippen molar-refractivity contribution < 1.29 is 0 Å². The summed E-state index contributed by atoms with van der Waals surface area (Å²) in [5.41, 5.74) is 2.52. The molecule has 1 saturated heterocycles. The van der Waals surface area contributed by atoms with Crippen LogP contribution in [-0.4, -0.2) is 23.1 Å². The lowest BCUT2D eigenvalue weighted by atomic mass is 10.1. The van der Waals surface area contributed by atoms with Crippen molar-refractivity contribution in [3.63, 3.8) is 0 Å². The number of nitrogens with one attached hydrogen (secondary N) is 1. The van der Waals surface area contributed by atoms with Gasteiger partial charge in [-0.2, -0.15) is 4.98 Å². The van der Waals surface area contributed by atoms with E-state index in [-0.39, 0.29) is 0 Å². The van der Waals surface area contributed by atoms with Crippen molar-refractivity contribution in [2.75, 3.05) is 23.3 Å². The Morgan fingerprint density at radius 1 is 1.05 bits per heavy atom. The van der Waals surface area contributed by atoms with Crippen LogP contribution in [0.4, 0.5) is 11.8 Å². The fourth-order valence-corrected chi connectivity index (χ4v) is 2.62. The molecule has 0 bridgehead atoms. The van der Waals surface area contributed by atoms with E-state index in [1.165, 1.54) is 30.4 Å². The smallest absolute Gasteiger partial charge is 0.224 e. The van der Waals surface area contributed by atoms with Crippen molar-refractivity contribution in [2.24, 2.45) is 0 Å². The first-order valence-electron chi connectivity index (χ1n) is 7.69. The van der Waals surface area contributed by atoms with Gasteiger partial charge in [-0.25, -0.2) is 4.98 Å². The van der Waals surface area contributed by atoms with Crippen LogP contribution in [0.25, 0.3) is 0 Å². The maximum atomic E-state index is 4.63. The molecule has 1 aromatic carbocycles. The van der Waals surface area contributed by atoms with E-state index < -0.39 is 0 Å². The molecule has 0 amide bonds. The molecule has 110 valence electrons. The highest BCUT2D eigenvalue weighted by atomic mass is 15.2. The van der Waals surface area contributed by atoms with Gasteiger partial charge in [-0.15, -0.1) is 0 Å². The Morgan fingerprint density at radius 2 is 1.81 bits per heavy atom. The lowest BCUT2D eigenvalue weighted by molar-refractivity contribution is 0.573. The van der Waals surface area contributed by atoms with E-state index in [0.29, 0.717) is 5.95 Å². The molecule has 1 aliphatic rings. The number of aromatic nitrogens is 2. The summed E-state index contributed by atoms with van der Waals surface area (Å²) in [6.45, 7) is 5.06. The highest BCUT2D eigenvalue weighted by Gasteiger charge is 2.12. The lowest BCUT2D eigenvalue weighted by Gasteiger charge is -2.27. The lowest BCUT2D eigenvalue weighted by Crippen LogP contribution is -2.30. The van der Waals surface area contributed by atoms with E-state index in [1.54, 1.807) is 0 Å². The second-order valence-electron chi connectivity index (χ2n) is 5.63. The summed E-state index contributed by atoms with van der Waals surface area (Å²) >= 11 is 0. The van der Waals surface area contributed by atoms with Gasteiger partial charge in [-0.3, -0.25) is 0 Å². The van der Waals surface area contributed by atoms with E-state index in [1.807, 2.05) is 12.3 Å². The maximum absolute atomic E-state index is 4.63. The summed E-state index contributed by atoms with van der Waals surface area (Å²) in [7, 11) is 0. The highest BCUT2D eigenvalue weighted by Crippen LogP contribution is 2.18. The molecule has 2 aromatic rings. The Balaban J connectivity index is 1.64. The summed E-state index contributed by atoms with van der Waals surface area (Å²) in [5, 5.41) is 3.31. The zero-order chi connectivity index (χ0) is 14.5. The van der Waals surface area contributed by atoms with Gasteiger partial charge in [0.15, 0.2) is 0 Å². The van der Waals surface area contributed by atoms with Gasteiger partial charge in [0, 0.05) is 25.8 Å². The van der Waals surface area contributed by atoms with Gasteiger partial charge >= 0.3 is 0 Å². The molecule has 2 heterocycles. The SMILES string of the molecule is Cc1ccc(CNc2nccc(N3CCCCC3)n2)cc1. The fourth-order valence-electron chi connectivity index (χ4n) is 2.62. The Bertz CT molecular complexity index is 574.